The lowest BCUT2D eigenvalue weighted by molar-refractivity contribution is 0.267. The quantitative estimate of drug-likeness (QED) is 0.274. The fraction of sp³-hybridized carbons (Fsp3) is 0.500. The van der Waals surface area contributed by atoms with Crippen molar-refractivity contribution in [1.82, 2.24) is 0 Å². The summed E-state index contributed by atoms with van der Waals surface area (Å²) in [4.78, 5) is 26.3. The van der Waals surface area contributed by atoms with E-state index in [1.165, 1.54) is 17.2 Å². The van der Waals surface area contributed by atoms with E-state index in [1.807, 2.05) is 6.92 Å². The van der Waals surface area contributed by atoms with Gasteiger partial charge in [0.25, 0.3) is 0 Å². The monoisotopic (exact) mass is 378 g/mol. The number of hydrogen-bond acceptors (Lipinski definition) is 3. The summed E-state index contributed by atoms with van der Waals surface area (Å²) in [7, 11) is -9.43. The van der Waals surface area contributed by atoms with E-state index in [2.05, 4.69) is 37.2 Å². The van der Waals surface area contributed by atoms with Crippen LogP contribution in [0.4, 0.5) is 0 Å². The van der Waals surface area contributed by atoms with Gasteiger partial charge < -0.3 is 14.7 Å². The SMILES string of the molecule is CC(C)=CCC/C(C)=C/CC/C(C)=C/C=C/P(=O)(O)OP(=O)(O)O. The second-order valence-electron chi connectivity index (χ2n) is 5.90. The van der Waals surface area contributed by atoms with Gasteiger partial charge in [0.15, 0.2) is 0 Å². The maximum Gasteiger partial charge on any atom is 0.477 e. The molecule has 6 nitrogen and oxygen atoms in total. The van der Waals surface area contributed by atoms with Crippen LogP contribution in [0.25, 0.3) is 0 Å². The molecule has 0 fully saturated rings. The van der Waals surface area contributed by atoms with E-state index in [0.717, 1.165) is 37.1 Å². The Morgan fingerprint density at radius 3 is 2.00 bits per heavy atom. The predicted octanol–water partition coefficient (Wildman–Crippen LogP) is 5.21. The zero-order chi connectivity index (χ0) is 18.8. The van der Waals surface area contributed by atoms with Gasteiger partial charge in [-0.25, -0.2) is 8.88 Å². The molecule has 138 valence electrons. The highest BCUT2D eigenvalue weighted by Crippen LogP contribution is 2.57. The van der Waals surface area contributed by atoms with Gasteiger partial charge in [-0.2, -0.15) is 0 Å². The third-order valence-corrected chi connectivity index (χ3v) is 5.34. The molecule has 0 bridgehead atoms. The van der Waals surface area contributed by atoms with Gasteiger partial charge in [0.2, 0.25) is 0 Å². The molecule has 0 saturated heterocycles. The van der Waals surface area contributed by atoms with E-state index in [9.17, 15) is 14.0 Å². The van der Waals surface area contributed by atoms with Gasteiger partial charge in [-0.05, 0) is 53.4 Å². The van der Waals surface area contributed by atoms with Crippen molar-refractivity contribution in [1.29, 1.82) is 0 Å². The van der Waals surface area contributed by atoms with E-state index >= 15 is 0 Å². The second-order valence-corrected chi connectivity index (χ2v) is 8.96. The van der Waals surface area contributed by atoms with Crippen molar-refractivity contribution in [3.63, 3.8) is 0 Å². The molecule has 0 aliphatic rings. The van der Waals surface area contributed by atoms with E-state index in [4.69, 9.17) is 9.79 Å². The first-order valence-electron chi connectivity index (χ1n) is 7.64. The molecule has 0 amide bonds. The molecule has 1 atom stereocenters. The number of rotatable bonds is 10. The Morgan fingerprint density at radius 1 is 0.917 bits per heavy atom. The largest absolute Gasteiger partial charge is 0.477 e. The van der Waals surface area contributed by atoms with Crippen LogP contribution in [0, 0.1) is 0 Å². The highest BCUT2D eigenvalue weighted by atomic mass is 31.3. The van der Waals surface area contributed by atoms with Crippen LogP contribution in [0.15, 0.2) is 46.8 Å². The van der Waals surface area contributed by atoms with E-state index < -0.39 is 15.4 Å². The van der Waals surface area contributed by atoms with Gasteiger partial charge >= 0.3 is 15.4 Å². The molecule has 3 N–H and O–H groups in total. The van der Waals surface area contributed by atoms with Gasteiger partial charge in [0, 0.05) is 5.82 Å². The van der Waals surface area contributed by atoms with Gasteiger partial charge in [0.1, 0.15) is 0 Å². The Kier molecular flexibility index (Phi) is 10.6. The van der Waals surface area contributed by atoms with Crippen LogP contribution in [0.2, 0.25) is 0 Å². The summed E-state index contributed by atoms with van der Waals surface area (Å²) in [5.41, 5.74) is 3.62. The first-order chi connectivity index (χ1) is 10.9. The first kappa shape index (κ1) is 23.3. The van der Waals surface area contributed by atoms with E-state index in [0.29, 0.717) is 0 Å². The van der Waals surface area contributed by atoms with Gasteiger partial charge in [0.05, 0.1) is 0 Å². The molecule has 0 aromatic carbocycles. The molecule has 24 heavy (non-hydrogen) atoms. The van der Waals surface area contributed by atoms with Crippen molar-refractivity contribution < 1.29 is 28.1 Å². The molecule has 1 unspecified atom stereocenters. The van der Waals surface area contributed by atoms with Gasteiger partial charge in [-0.15, -0.1) is 0 Å². The summed E-state index contributed by atoms with van der Waals surface area (Å²) >= 11 is 0. The standard InChI is InChI=1S/C16H28O6P2/c1-14(2)8-5-9-15(3)10-6-11-16(4)12-7-13-23(17,18)22-24(19,20)21/h7-8,10,12-13H,5-6,9,11H2,1-4H3,(H,17,18)(H2,19,20,21)/b13-7+,15-10+,16-12+. The molecule has 0 spiro atoms. The smallest absolute Gasteiger partial charge is 0.321 e. The van der Waals surface area contributed by atoms with Crippen molar-refractivity contribution in [2.45, 2.75) is 53.4 Å². The number of phosphoric acid groups is 1. The predicted molar refractivity (Wildman–Crippen MR) is 97.5 cm³/mol. The molecule has 0 radical (unpaired) electrons. The molecule has 0 saturated carbocycles. The summed E-state index contributed by atoms with van der Waals surface area (Å²) in [6.45, 7) is 8.13. The molecule has 0 rings (SSSR count). The third-order valence-electron chi connectivity index (χ3n) is 3.00. The van der Waals surface area contributed by atoms with Crippen LogP contribution in [-0.2, 0) is 13.4 Å². The lowest BCUT2D eigenvalue weighted by Crippen LogP contribution is -1.84. The van der Waals surface area contributed by atoms with Crippen molar-refractivity contribution in [2.24, 2.45) is 0 Å². The van der Waals surface area contributed by atoms with Crippen molar-refractivity contribution in [3.05, 3.63) is 46.8 Å². The lowest BCUT2D eigenvalue weighted by atomic mass is 10.1. The summed E-state index contributed by atoms with van der Waals surface area (Å²) in [5, 5.41) is 0. The zero-order valence-electron chi connectivity index (χ0n) is 14.7. The second kappa shape index (κ2) is 11.0. The van der Waals surface area contributed by atoms with Crippen LogP contribution in [0.1, 0.15) is 53.4 Å². The van der Waals surface area contributed by atoms with Gasteiger partial charge in [-0.3, -0.25) is 4.57 Å². The topological polar surface area (TPSA) is 104 Å². The Hall–Kier alpha value is -0.740. The Labute approximate surface area is 144 Å². The van der Waals surface area contributed by atoms with Crippen LogP contribution in [0.3, 0.4) is 0 Å². The zero-order valence-corrected chi connectivity index (χ0v) is 16.5. The van der Waals surface area contributed by atoms with Gasteiger partial charge in [-0.1, -0.05) is 41.0 Å². The summed E-state index contributed by atoms with van der Waals surface area (Å²) in [6.07, 6.45) is 11.0. The molecule has 0 aromatic rings. The molecular formula is C16H28O6P2. The highest BCUT2D eigenvalue weighted by molar-refractivity contribution is 7.65. The van der Waals surface area contributed by atoms with Crippen LogP contribution < -0.4 is 0 Å². The summed E-state index contributed by atoms with van der Waals surface area (Å²) in [5.74, 6) is 0.760. The van der Waals surface area contributed by atoms with Crippen LogP contribution in [0.5, 0.6) is 0 Å². The summed E-state index contributed by atoms with van der Waals surface area (Å²) in [6, 6.07) is 0. The Bertz CT molecular complexity index is 606. The summed E-state index contributed by atoms with van der Waals surface area (Å²) < 4.78 is 25.7. The maximum absolute atomic E-state index is 11.4. The highest BCUT2D eigenvalue weighted by Gasteiger charge is 2.27. The average molecular weight is 378 g/mol. The van der Waals surface area contributed by atoms with Crippen LogP contribution >= 0.6 is 15.4 Å². The van der Waals surface area contributed by atoms with E-state index in [-0.39, 0.29) is 0 Å². The van der Waals surface area contributed by atoms with Crippen molar-refractivity contribution in [2.75, 3.05) is 0 Å². The molecular weight excluding hydrogens is 350 g/mol. The number of allylic oxidation sites excluding steroid dienone is 7. The molecule has 0 aliphatic carbocycles. The number of hydrogen-bond donors (Lipinski definition) is 3. The third kappa shape index (κ3) is 14.8. The molecule has 8 heteroatoms. The minimum Gasteiger partial charge on any atom is -0.321 e. The first-order valence-corrected chi connectivity index (χ1v) is 10.8. The van der Waals surface area contributed by atoms with Crippen molar-refractivity contribution in [3.8, 4) is 0 Å². The molecule has 0 aliphatic heterocycles. The lowest BCUT2D eigenvalue weighted by Gasteiger charge is -2.07. The minimum absolute atomic E-state index is 0.760. The normalized spacial score (nSPS) is 16.3. The fourth-order valence-electron chi connectivity index (χ4n) is 1.82. The Morgan fingerprint density at radius 2 is 1.46 bits per heavy atom. The van der Waals surface area contributed by atoms with Crippen molar-refractivity contribution >= 4 is 15.4 Å². The van der Waals surface area contributed by atoms with Crippen LogP contribution in [-0.4, -0.2) is 14.7 Å². The fourth-order valence-corrected chi connectivity index (χ4v) is 3.56. The van der Waals surface area contributed by atoms with E-state index in [1.54, 1.807) is 6.08 Å². The molecule has 0 aromatic heterocycles. The average Bonchev–Trinajstić information content (AvgIpc) is 2.34. The Balaban J connectivity index is 4.37. The molecule has 0 heterocycles. The maximum atomic E-state index is 11.4. The minimum atomic E-state index is -4.99.